The topological polar surface area (TPSA) is 89.9 Å². The van der Waals surface area contributed by atoms with E-state index in [-0.39, 0.29) is 0 Å². The minimum absolute atomic E-state index is 0.343. The van der Waals surface area contributed by atoms with Crippen LogP contribution in [0.2, 0.25) is 0 Å². The van der Waals surface area contributed by atoms with E-state index in [0.29, 0.717) is 29.7 Å². The highest BCUT2D eigenvalue weighted by Gasteiger charge is 2.05. The van der Waals surface area contributed by atoms with E-state index < -0.39 is 0 Å². The molecule has 0 unspecified atom stereocenters. The summed E-state index contributed by atoms with van der Waals surface area (Å²) >= 11 is 4.97. The van der Waals surface area contributed by atoms with E-state index >= 15 is 0 Å². The van der Waals surface area contributed by atoms with Crippen LogP contribution in [0.15, 0.2) is 23.0 Å². The predicted octanol–water partition coefficient (Wildman–Crippen LogP) is 1.06. The number of thiocarbonyl (C=S) groups is 1. The number of hydrogen-bond acceptors (Lipinski definition) is 6. The van der Waals surface area contributed by atoms with Crippen LogP contribution in [0.1, 0.15) is 17.3 Å². The van der Waals surface area contributed by atoms with Crippen molar-refractivity contribution in [2.24, 2.45) is 5.73 Å². The third kappa shape index (κ3) is 3.01. The van der Waals surface area contributed by atoms with Gasteiger partial charge < -0.3 is 15.6 Å². The molecule has 2 aromatic rings. The van der Waals surface area contributed by atoms with Crippen LogP contribution in [-0.4, -0.2) is 26.7 Å². The summed E-state index contributed by atoms with van der Waals surface area (Å²) in [7, 11) is 0. The Morgan fingerprint density at radius 2 is 2.39 bits per heavy atom. The van der Waals surface area contributed by atoms with Crippen molar-refractivity contribution >= 4 is 22.9 Å². The first kappa shape index (κ1) is 12.4. The van der Waals surface area contributed by atoms with Gasteiger partial charge in [0.2, 0.25) is 5.89 Å². The van der Waals surface area contributed by atoms with Crippen LogP contribution in [0, 0.1) is 6.92 Å². The normalized spacial score (nSPS) is 10.3. The standard InChI is InChI=1S/C11H13N5OS/c1-7-15-10(16-17-7)3-5-14-9-6-13-4-2-8(9)11(12)18/h2,4,6,14H,3,5H2,1H3,(H2,12,18). The SMILES string of the molecule is Cc1nc(CCNc2cnccc2C(N)=S)no1. The molecule has 7 heteroatoms. The number of nitrogens with one attached hydrogen (secondary N) is 1. The Labute approximate surface area is 110 Å². The van der Waals surface area contributed by atoms with E-state index in [0.717, 1.165) is 11.3 Å². The van der Waals surface area contributed by atoms with Crippen LogP contribution < -0.4 is 11.1 Å². The highest BCUT2D eigenvalue weighted by molar-refractivity contribution is 7.80. The van der Waals surface area contributed by atoms with Gasteiger partial charge >= 0.3 is 0 Å². The van der Waals surface area contributed by atoms with Gasteiger partial charge in [-0.25, -0.2) is 0 Å². The smallest absolute Gasteiger partial charge is 0.223 e. The van der Waals surface area contributed by atoms with Crippen LogP contribution in [0.5, 0.6) is 0 Å². The molecule has 0 spiro atoms. The fourth-order valence-electron chi connectivity index (χ4n) is 1.50. The quantitative estimate of drug-likeness (QED) is 0.779. The Balaban J connectivity index is 1.96. The van der Waals surface area contributed by atoms with E-state index in [1.54, 1.807) is 25.4 Å². The maximum absolute atomic E-state index is 5.62. The lowest BCUT2D eigenvalue weighted by Crippen LogP contribution is -2.15. The molecule has 6 nitrogen and oxygen atoms in total. The minimum Gasteiger partial charge on any atom is -0.389 e. The lowest BCUT2D eigenvalue weighted by Gasteiger charge is -2.09. The van der Waals surface area contributed by atoms with Gasteiger partial charge in [-0.3, -0.25) is 4.98 Å². The Morgan fingerprint density at radius 3 is 3.06 bits per heavy atom. The number of aromatic nitrogens is 3. The first-order valence-corrected chi connectivity index (χ1v) is 5.84. The molecule has 2 heterocycles. The maximum Gasteiger partial charge on any atom is 0.223 e. The molecule has 2 rings (SSSR count). The molecule has 0 atom stereocenters. The van der Waals surface area contributed by atoms with Crippen LogP contribution in [0.4, 0.5) is 5.69 Å². The van der Waals surface area contributed by atoms with Crippen molar-refractivity contribution < 1.29 is 4.52 Å². The summed E-state index contributed by atoms with van der Waals surface area (Å²) in [5, 5.41) is 7.01. The van der Waals surface area contributed by atoms with E-state index in [1.165, 1.54) is 0 Å². The largest absolute Gasteiger partial charge is 0.389 e. The van der Waals surface area contributed by atoms with Gasteiger partial charge in [0.25, 0.3) is 0 Å². The number of hydrogen-bond donors (Lipinski definition) is 2. The van der Waals surface area contributed by atoms with Crippen molar-refractivity contribution in [1.29, 1.82) is 0 Å². The lowest BCUT2D eigenvalue weighted by atomic mass is 10.2. The molecule has 0 aliphatic carbocycles. The average Bonchev–Trinajstić information content (AvgIpc) is 2.75. The third-order valence-electron chi connectivity index (χ3n) is 2.32. The number of aryl methyl sites for hydroxylation is 1. The Hall–Kier alpha value is -2.02. The highest BCUT2D eigenvalue weighted by atomic mass is 32.1. The van der Waals surface area contributed by atoms with Gasteiger partial charge in [0.15, 0.2) is 5.82 Å². The summed E-state index contributed by atoms with van der Waals surface area (Å²) in [6.07, 6.45) is 4.00. The van der Waals surface area contributed by atoms with Crippen LogP contribution >= 0.6 is 12.2 Å². The zero-order valence-corrected chi connectivity index (χ0v) is 10.7. The molecular weight excluding hydrogens is 250 g/mol. The second-order valence-electron chi connectivity index (χ2n) is 3.69. The van der Waals surface area contributed by atoms with Gasteiger partial charge in [-0.15, -0.1) is 0 Å². The maximum atomic E-state index is 5.62. The van der Waals surface area contributed by atoms with Gasteiger partial charge in [0, 0.05) is 31.6 Å². The van der Waals surface area contributed by atoms with Crippen LogP contribution in [-0.2, 0) is 6.42 Å². The van der Waals surface area contributed by atoms with Crippen LogP contribution in [0.3, 0.4) is 0 Å². The summed E-state index contributed by atoms with van der Waals surface area (Å²) in [6, 6.07) is 1.78. The van der Waals surface area contributed by atoms with Crippen LogP contribution in [0.25, 0.3) is 0 Å². The predicted molar refractivity (Wildman–Crippen MR) is 71.4 cm³/mol. The lowest BCUT2D eigenvalue weighted by molar-refractivity contribution is 0.387. The van der Waals surface area contributed by atoms with E-state index in [4.69, 9.17) is 22.5 Å². The summed E-state index contributed by atoms with van der Waals surface area (Å²) < 4.78 is 4.89. The molecule has 0 radical (unpaired) electrons. The zero-order valence-electron chi connectivity index (χ0n) is 9.88. The molecule has 0 saturated carbocycles. The first-order chi connectivity index (χ1) is 8.66. The Kier molecular flexibility index (Phi) is 3.83. The van der Waals surface area contributed by atoms with E-state index in [2.05, 4.69) is 20.4 Å². The Bertz CT molecular complexity index is 554. The molecule has 0 aliphatic rings. The molecule has 0 amide bonds. The van der Waals surface area contributed by atoms with Crippen molar-refractivity contribution in [3.05, 3.63) is 35.7 Å². The molecule has 3 N–H and O–H groups in total. The molecule has 94 valence electrons. The molecule has 18 heavy (non-hydrogen) atoms. The second-order valence-corrected chi connectivity index (χ2v) is 4.13. The van der Waals surface area contributed by atoms with Crippen molar-refractivity contribution in [2.45, 2.75) is 13.3 Å². The van der Waals surface area contributed by atoms with Gasteiger partial charge in [0.1, 0.15) is 4.99 Å². The number of nitrogens with two attached hydrogens (primary N) is 1. The summed E-state index contributed by atoms with van der Waals surface area (Å²) in [5.74, 6) is 1.23. The molecule has 0 bridgehead atoms. The zero-order chi connectivity index (χ0) is 13.0. The summed E-state index contributed by atoms with van der Waals surface area (Å²) in [6.45, 7) is 2.41. The third-order valence-corrected chi connectivity index (χ3v) is 2.54. The summed E-state index contributed by atoms with van der Waals surface area (Å²) in [5.41, 5.74) is 7.22. The van der Waals surface area contributed by atoms with Crippen molar-refractivity contribution in [3.63, 3.8) is 0 Å². The number of pyridine rings is 1. The van der Waals surface area contributed by atoms with Gasteiger partial charge in [-0.05, 0) is 6.07 Å². The molecule has 0 saturated heterocycles. The monoisotopic (exact) mass is 263 g/mol. The summed E-state index contributed by atoms with van der Waals surface area (Å²) in [4.78, 5) is 8.49. The van der Waals surface area contributed by atoms with E-state index in [1.807, 2.05) is 0 Å². The van der Waals surface area contributed by atoms with Crippen molar-refractivity contribution in [2.75, 3.05) is 11.9 Å². The molecule has 2 aromatic heterocycles. The second kappa shape index (κ2) is 5.54. The van der Waals surface area contributed by atoms with Crippen molar-refractivity contribution in [1.82, 2.24) is 15.1 Å². The van der Waals surface area contributed by atoms with Gasteiger partial charge in [-0.1, -0.05) is 17.4 Å². The molecule has 0 fully saturated rings. The number of nitrogens with zero attached hydrogens (tertiary/aromatic N) is 3. The van der Waals surface area contributed by atoms with Crippen molar-refractivity contribution in [3.8, 4) is 0 Å². The van der Waals surface area contributed by atoms with E-state index in [9.17, 15) is 0 Å². The highest BCUT2D eigenvalue weighted by Crippen LogP contribution is 2.12. The van der Waals surface area contributed by atoms with Gasteiger partial charge in [0.05, 0.1) is 11.9 Å². The van der Waals surface area contributed by atoms with Gasteiger partial charge in [-0.2, -0.15) is 4.98 Å². The fraction of sp³-hybridized carbons (Fsp3) is 0.273. The minimum atomic E-state index is 0.343. The Morgan fingerprint density at radius 1 is 1.56 bits per heavy atom. The molecule has 0 aromatic carbocycles. The molecule has 0 aliphatic heterocycles. The first-order valence-electron chi connectivity index (χ1n) is 5.43. The number of anilines is 1. The molecular formula is C11H13N5OS. The number of rotatable bonds is 5. The fourth-order valence-corrected chi connectivity index (χ4v) is 1.68. The average molecular weight is 263 g/mol.